The van der Waals surface area contributed by atoms with Crippen LogP contribution in [0.5, 0.6) is 0 Å². The lowest BCUT2D eigenvalue weighted by molar-refractivity contribution is 0.787. The number of rotatable bonds is 7. The first-order chi connectivity index (χ1) is 9.76. The molecule has 0 aliphatic heterocycles. The van der Waals surface area contributed by atoms with Gasteiger partial charge in [-0.2, -0.15) is 0 Å². The van der Waals surface area contributed by atoms with Crippen LogP contribution in [0.4, 0.5) is 0 Å². The molecule has 4 heteroatoms. The van der Waals surface area contributed by atoms with Crippen molar-refractivity contribution in [2.75, 3.05) is 20.1 Å². The second-order valence-corrected chi connectivity index (χ2v) is 5.99. The van der Waals surface area contributed by atoms with E-state index in [0.717, 1.165) is 25.5 Å². The van der Waals surface area contributed by atoms with Gasteiger partial charge < -0.3 is 10.6 Å². The minimum absolute atomic E-state index is 0.492. The highest BCUT2D eigenvalue weighted by Gasteiger charge is 2.05. The van der Waals surface area contributed by atoms with Crippen molar-refractivity contribution in [2.45, 2.75) is 30.4 Å². The summed E-state index contributed by atoms with van der Waals surface area (Å²) in [6, 6.07) is 10.5. The monoisotopic (exact) mass is 291 g/mol. The zero-order valence-electron chi connectivity index (χ0n) is 12.6. The Morgan fingerprint density at radius 2 is 2.05 bits per heavy atom. The van der Waals surface area contributed by atoms with Crippen LogP contribution in [0.2, 0.25) is 0 Å². The van der Waals surface area contributed by atoms with E-state index in [1.807, 2.05) is 24.8 Å². The molecule has 110 valence electrons. The molecule has 2 N–H and O–H groups in total. The van der Waals surface area contributed by atoms with E-state index in [1.54, 1.807) is 7.05 Å². The Bertz CT molecular complexity index is 415. The van der Waals surface area contributed by atoms with Crippen LogP contribution in [0.25, 0.3) is 0 Å². The molecule has 0 radical (unpaired) electrons. The summed E-state index contributed by atoms with van der Waals surface area (Å²) in [5.41, 5.74) is 0. The number of benzene rings is 1. The van der Waals surface area contributed by atoms with Crippen LogP contribution in [-0.2, 0) is 0 Å². The van der Waals surface area contributed by atoms with Gasteiger partial charge in [0.05, 0.1) is 0 Å². The van der Waals surface area contributed by atoms with E-state index in [1.165, 1.54) is 4.90 Å². The van der Waals surface area contributed by atoms with Crippen molar-refractivity contribution in [3.05, 3.63) is 42.5 Å². The smallest absolute Gasteiger partial charge is 0.191 e. The average molecular weight is 291 g/mol. The molecule has 0 aliphatic rings. The van der Waals surface area contributed by atoms with Gasteiger partial charge in [-0.15, -0.1) is 11.8 Å². The number of thioether (sulfide) groups is 1. The maximum absolute atomic E-state index is 4.23. The Balaban J connectivity index is 2.26. The summed E-state index contributed by atoms with van der Waals surface area (Å²) in [6.45, 7) is 6.06. The fourth-order valence-corrected chi connectivity index (χ4v) is 2.62. The molecule has 20 heavy (non-hydrogen) atoms. The predicted molar refractivity (Wildman–Crippen MR) is 90.6 cm³/mol. The maximum Gasteiger partial charge on any atom is 0.191 e. The minimum atomic E-state index is 0.492. The third kappa shape index (κ3) is 7.24. The van der Waals surface area contributed by atoms with Crippen LogP contribution < -0.4 is 10.6 Å². The first-order valence-electron chi connectivity index (χ1n) is 7.03. The third-order valence-corrected chi connectivity index (χ3v) is 3.81. The molecular weight excluding hydrogens is 266 g/mol. The lowest BCUT2D eigenvalue weighted by Gasteiger charge is -2.15. The third-order valence-electron chi connectivity index (χ3n) is 2.70. The Morgan fingerprint density at radius 3 is 2.70 bits per heavy atom. The molecule has 0 bridgehead atoms. The van der Waals surface area contributed by atoms with Gasteiger partial charge in [-0.05, 0) is 25.5 Å². The molecule has 0 spiro atoms. The van der Waals surface area contributed by atoms with Gasteiger partial charge in [0.1, 0.15) is 0 Å². The lowest BCUT2D eigenvalue weighted by Crippen LogP contribution is -2.40. The first-order valence-corrected chi connectivity index (χ1v) is 7.91. The van der Waals surface area contributed by atoms with Gasteiger partial charge in [0, 0.05) is 30.3 Å². The predicted octanol–water partition coefficient (Wildman–Crippen LogP) is 3.30. The van der Waals surface area contributed by atoms with Gasteiger partial charge >= 0.3 is 0 Å². The number of hydrogen-bond acceptors (Lipinski definition) is 2. The van der Waals surface area contributed by atoms with Gasteiger partial charge in [0.15, 0.2) is 5.96 Å². The Hall–Kier alpha value is -1.42. The highest BCUT2D eigenvalue weighted by Crippen LogP contribution is 2.21. The molecular formula is C16H25N3S. The van der Waals surface area contributed by atoms with E-state index < -0.39 is 0 Å². The fraction of sp³-hybridized carbons (Fsp3) is 0.438. The minimum Gasteiger partial charge on any atom is -0.356 e. The Kier molecular flexibility index (Phi) is 8.63. The van der Waals surface area contributed by atoms with Crippen LogP contribution in [0.3, 0.4) is 0 Å². The summed E-state index contributed by atoms with van der Waals surface area (Å²) in [5.74, 6) is 0.870. The van der Waals surface area contributed by atoms with Crippen molar-refractivity contribution in [1.82, 2.24) is 10.6 Å². The second-order valence-electron chi connectivity index (χ2n) is 4.48. The molecule has 0 saturated carbocycles. The molecule has 1 aromatic rings. The molecule has 0 heterocycles. The standard InChI is InChI=1S/C16H25N3S/c1-4-5-9-12-18-16(17-3)19-13-14(2)20-15-10-7-6-8-11-15/h4-8,10-11,14H,9,12-13H2,1-3H3,(H2,17,18,19)/b5-4+. The number of aliphatic imine (C=N–C) groups is 1. The number of hydrogen-bond donors (Lipinski definition) is 2. The lowest BCUT2D eigenvalue weighted by atomic mass is 10.4. The zero-order valence-corrected chi connectivity index (χ0v) is 13.4. The number of nitrogens with zero attached hydrogens (tertiary/aromatic N) is 1. The van der Waals surface area contributed by atoms with Crippen molar-refractivity contribution in [3.63, 3.8) is 0 Å². The fourth-order valence-electron chi connectivity index (χ4n) is 1.67. The van der Waals surface area contributed by atoms with Gasteiger partial charge in [0.2, 0.25) is 0 Å². The van der Waals surface area contributed by atoms with Gasteiger partial charge in [-0.1, -0.05) is 37.3 Å². The highest BCUT2D eigenvalue weighted by atomic mass is 32.2. The number of guanidine groups is 1. The van der Waals surface area contributed by atoms with E-state index in [9.17, 15) is 0 Å². The molecule has 1 aromatic carbocycles. The quantitative estimate of drug-likeness (QED) is 0.266. The molecule has 0 aromatic heterocycles. The van der Waals surface area contributed by atoms with E-state index in [-0.39, 0.29) is 0 Å². The topological polar surface area (TPSA) is 36.4 Å². The molecule has 1 rings (SSSR count). The van der Waals surface area contributed by atoms with Crippen molar-refractivity contribution in [3.8, 4) is 0 Å². The largest absolute Gasteiger partial charge is 0.356 e. The molecule has 0 amide bonds. The summed E-state index contributed by atoms with van der Waals surface area (Å²) in [4.78, 5) is 5.53. The van der Waals surface area contributed by atoms with Crippen molar-refractivity contribution in [1.29, 1.82) is 0 Å². The highest BCUT2D eigenvalue weighted by molar-refractivity contribution is 8.00. The number of allylic oxidation sites excluding steroid dienone is 1. The van der Waals surface area contributed by atoms with E-state index >= 15 is 0 Å². The van der Waals surface area contributed by atoms with Crippen molar-refractivity contribution in [2.24, 2.45) is 4.99 Å². The number of nitrogens with one attached hydrogen (secondary N) is 2. The zero-order chi connectivity index (χ0) is 14.6. The second kappa shape index (κ2) is 10.4. The van der Waals surface area contributed by atoms with E-state index in [0.29, 0.717) is 5.25 Å². The van der Waals surface area contributed by atoms with Gasteiger partial charge in [-0.3, -0.25) is 4.99 Å². The molecule has 0 fully saturated rings. The summed E-state index contributed by atoms with van der Waals surface area (Å²) < 4.78 is 0. The summed E-state index contributed by atoms with van der Waals surface area (Å²) in [6.07, 6.45) is 5.23. The van der Waals surface area contributed by atoms with E-state index in [4.69, 9.17) is 0 Å². The molecule has 1 atom stereocenters. The van der Waals surface area contributed by atoms with Crippen LogP contribution in [0.15, 0.2) is 52.4 Å². The normalized spacial score (nSPS) is 13.4. The summed E-state index contributed by atoms with van der Waals surface area (Å²) in [7, 11) is 1.81. The molecule has 1 unspecified atom stereocenters. The molecule has 3 nitrogen and oxygen atoms in total. The van der Waals surface area contributed by atoms with Gasteiger partial charge in [0.25, 0.3) is 0 Å². The van der Waals surface area contributed by atoms with Crippen molar-refractivity contribution < 1.29 is 0 Å². The maximum atomic E-state index is 4.23. The average Bonchev–Trinajstić information content (AvgIpc) is 2.47. The van der Waals surface area contributed by atoms with Crippen LogP contribution in [0.1, 0.15) is 20.3 Å². The van der Waals surface area contributed by atoms with Crippen molar-refractivity contribution >= 4 is 17.7 Å². The Labute approximate surface area is 127 Å². The first kappa shape index (κ1) is 16.6. The van der Waals surface area contributed by atoms with Gasteiger partial charge in [-0.25, -0.2) is 0 Å². The molecule has 0 saturated heterocycles. The van der Waals surface area contributed by atoms with E-state index in [2.05, 4.69) is 59.0 Å². The Morgan fingerprint density at radius 1 is 1.30 bits per heavy atom. The van der Waals surface area contributed by atoms with Crippen LogP contribution in [-0.4, -0.2) is 31.3 Å². The van der Waals surface area contributed by atoms with Crippen LogP contribution in [0, 0.1) is 0 Å². The summed E-state index contributed by atoms with van der Waals surface area (Å²) in [5, 5.41) is 7.15. The summed E-state index contributed by atoms with van der Waals surface area (Å²) >= 11 is 1.87. The van der Waals surface area contributed by atoms with Crippen LogP contribution >= 0.6 is 11.8 Å². The molecule has 0 aliphatic carbocycles. The SMILES string of the molecule is C/C=C/CCNC(=NC)NCC(C)Sc1ccccc1.